The van der Waals surface area contributed by atoms with Crippen LogP contribution in [0.2, 0.25) is 0 Å². The van der Waals surface area contributed by atoms with Gasteiger partial charge in [-0.05, 0) is 81.1 Å². The molecule has 1 saturated heterocycles. The average Bonchev–Trinajstić information content (AvgIpc) is 3.62. The van der Waals surface area contributed by atoms with E-state index in [4.69, 9.17) is 4.74 Å². The summed E-state index contributed by atoms with van der Waals surface area (Å²) in [7, 11) is 3.79. The van der Waals surface area contributed by atoms with Gasteiger partial charge in [-0.25, -0.2) is 0 Å². The highest BCUT2D eigenvalue weighted by Gasteiger charge is 2.45. The minimum Gasteiger partial charge on any atom is -0.494 e. The van der Waals surface area contributed by atoms with Crippen LogP contribution in [0.4, 0.5) is 0 Å². The Kier molecular flexibility index (Phi) is 16.2. The summed E-state index contributed by atoms with van der Waals surface area (Å²) in [5.74, 6) is -1.97. The lowest BCUT2D eigenvalue weighted by Crippen LogP contribution is -2.58. The molecule has 0 unspecified atom stereocenters. The zero-order chi connectivity index (χ0) is 40.0. The van der Waals surface area contributed by atoms with Crippen LogP contribution in [0.1, 0.15) is 81.9 Å². The van der Waals surface area contributed by atoms with Gasteiger partial charge in [-0.2, -0.15) is 11.8 Å². The molecule has 5 atom stereocenters. The van der Waals surface area contributed by atoms with Crippen molar-refractivity contribution in [2.45, 2.75) is 101 Å². The Morgan fingerprint density at radius 1 is 0.982 bits per heavy atom. The van der Waals surface area contributed by atoms with Gasteiger partial charge in [0.25, 0.3) is 5.91 Å². The number of hydrogen-bond donors (Lipinski definition) is 4. The Labute approximate surface area is 334 Å². The molecule has 14 heteroatoms. The van der Waals surface area contributed by atoms with E-state index in [9.17, 15) is 28.8 Å². The molecule has 4 bridgehead atoms. The van der Waals surface area contributed by atoms with Gasteiger partial charge in [0.15, 0.2) is 0 Å². The Bertz CT molecular complexity index is 1670. The van der Waals surface area contributed by atoms with Crippen molar-refractivity contribution in [3.63, 3.8) is 0 Å². The molecule has 0 spiro atoms. The number of carbonyl (C=O) groups is 6. The fourth-order valence-corrected chi connectivity index (χ4v) is 9.06. The lowest BCUT2D eigenvalue weighted by atomic mass is 9.83. The fourth-order valence-electron chi connectivity index (χ4n) is 7.85. The van der Waals surface area contributed by atoms with Crippen LogP contribution in [0.5, 0.6) is 5.75 Å². The van der Waals surface area contributed by atoms with Crippen molar-refractivity contribution in [1.29, 1.82) is 0 Å². The maximum atomic E-state index is 14.6. The summed E-state index contributed by atoms with van der Waals surface area (Å²) in [6, 6.07) is 13.8. The summed E-state index contributed by atoms with van der Waals surface area (Å²) in [6.45, 7) is 2.77. The van der Waals surface area contributed by atoms with E-state index in [2.05, 4.69) is 21.3 Å². The molecule has 5 amide bonds. The smallest absolute Gasteiger partial charge is 0.290 e. The number of fused-ring (bicyclic) bond motifs is 4. The number of hydrogen-bond acceptors (Lipinski definition) is 9. The zero-order valence-corrected chi connectivity index (χ0v) is 33.7. The molecule has 2 aromatic carbocycles. The van der Waals surface area contributed by atoms with E-state index in [1.54, 1.807) is 16.7 Å². The van der Waals surface area contributed by atoms with Crippen LogP contribution in [-0.2, 0) is 35.2 Å². The van der Waals surface area contributed by atoms with Crippen molar-refractivity contribution in [2.24, 2.45) is 5.92 Å². The van der Waals surface area contributed by atoms with Crippen molar-refractivity contribution in [3.05, 3.63) is 65.7 Å². The van der Waals surface area contributed by atoms with E-state index in [0.29, 0.717) is 38.3 Å². The van der Waals surface area contributed by atoms with Crippen LogP contribution in [0.15, 0.2) is 54.6 Å². The summed E-state index contributed by atoms with van der Waals surface area (Å²) >= 11 is 1.68. The number of amides is 5. The largest absolute Gasteiger partial charge is 0.494 e. The molecule has 5 rings (SSSR count). The second-order valence-electron chi connectivity index (χ2n) is 15.4. The predicted octanol–water partition coefficient (Wildman–Crippen LogP) is 3.17. The highest BCUT2D eigenvalue weighted by molar-refractivity contribution is 7.99. The molecule has 2 fully saturated rings. The minimum atomic E-state index is -1.15. The number of rotatable bonds is 13. The van der Waals surface area contributed by atoms with E-state index in [1.807, 2.05) is 80.5 Å². The third-order valence-electron chi connectivity index (χ3n) is 10.7. The van der Waals surface area contributed by atoms with E-state index in [-0.39, 0.29) is 41.9 Å². The van der Waals surface area contributed by atoms with Gasteiger partial charge in [0, 0.05) is 18.3 Å². The molecule has 2 aliphatic heterocycles. The first-order valence-corrected chi connectivity index (χ1v) is 21.1. The van der Waals surface area contributed by atoms with Gasteiger partial charge in [0.1, 0.15) is 17.8 Å². The quantitative estimate of drug-likeness (QED) is 0.223. The molecular formula is C42H58N6O7S. The van der Waals surface area contributed by atoms with Crippen molar-refractivity contribution in [2.75, 3.05) is 46.1 Å². The Morgan fingerprint density at radius 3 is 2.48 bits per heavy atom. The number of carbonyl (C=O) groups excluding carboxylic acids is 6. The Morgan fingerprint density at radius 2 is 1.75 bits per heavy atom. The van der Waals surface area contributed by atoms with E-state index < -0.39 is 48.2 Å². The minimum absolute atomic E-state index is 0.0528. The van der Waals surface area contributed by atoms with Gasteiger partial charge < -0.3 is 35.8 Å². The first kappa shape index (κ1) is 42.7. The molecule has 0 radical (unpaired) electrons. The third-order valence-corrected chi connectivity index (χ3v) is 12.0. The first-order valence-electron chi connectivity index (χ1n) is 20.1. The number of ether oxygens (including phenoxy) is 1. The third kappa shape index (κ3) is 12.3. The summed E-state index contributed by atoms with van der Waals surface area (Å²) in [6.07, 6.45) is 6.49. The second kappa shape index (κ2) is 21.2. The van der Waals surface area contributed by atoms with Crippen LogP contribution in [0, 0.1) is 5.92 Å². The molecule has 1 saturated carbocycles. The van der Waals surface area contributed by atoms with Crippen LogP contribution < -0.4 is 26.0 Å². The van der Waals surface area contributed by atoms with Gasteiger partial charge in [-0.1, -0.05) is 75.1 Å². The standard InChI is InChI=1S/C42H58N6O7S/c1-4-13-33(39(51)41(53)43-25-37(50)44-34(27-47(2)3)29-15-7-5-8-16-29)45-40(52)35-24-32-26-48(35)42(54)38(30-17-9-6-10-18-30)46-36(49)23-28-14-11-19-31(22-28)55-20-12-21-56-32/h5,7-8,11,14-16,19,22,30,32-35,38H,4,6,9-10,12-13,17-18,20-21,23-27H2,1-3H3,(H,43,53)(H,44,50)(H,45,52)(H,46,49)/t32-,33+,34-,35+,38+/m1/s1. The van der Waals surface area contributed by atoms with Crippen LogP contribution in [0.25, 0.3) is 0 Å². The maximum absolute atomic E-state index is 14.6. The van der Waals surface area contributed by atoms with Crippen LogP contribution in [-0.4, -0.2) is 115 Å². The average molecular weight is 791 g/mol. The fraction of sp³-hybridized carbons (Fsp3) is 0.571. The van der Waals surface area contributed by atoms with Crippen molar-refractivity contribution < 1.29 is 33.5 Å². The Hall–Kier alpha value is -4.43. The summed E-state index contributed by atoms with van der Waals surface area (Å²) < 4.78 is 5.98. The molecular weight excluding hydrogens is 733 g/mol. The number of nitrogens with one attached hydrogen (secondary N) is 4. The summed E-state index contributed by atoms with van der Waals surface area (Å²) in [5.41, 5.74) is 1.69. The number of thioether (sulfide) groups is 1. The van der Waals surface area contributed by atoms with E-state index >= 15 is 0 Å². The van der Waals surface area contributed by atoms with Gasteiger partial charge >= 0.3 is 0 Å². The summed E-state index contributed by atoms with van der Waals surface area (Å²) in [5, 5.41) is 11.2. The topological polar surface area (TPSA) is 166 Å². The van der Waals surface area contributed by atoms with Crippen LogP contribution in [0.3, 0.4) is 0 Å². The predicted molar refractivity (Wildman–Crippen MR) is 216 cm³/mol. The SMILES string of the molecule is CCC[C@H](NC(=O)[C@@H]1C[C@@H]2CN1C(=O)[C@H](C1CCCCC1)NC(=O)Cc1cccc(c1)OCCCS2)C(=O)C(=O)NCC(=O)N[C@H](CN(C)C)c1ccccc1. The molecule has 2 heterocycles. The molecule has 3 aliphatic rings. The first-order chi connectivity index (χ1) is 27.0. The van der Waals surface area contributed by atoms with E-state index in [0.717, 1.165) is 55.4 Å². The number of Topliss-reactive ketones (excluding diaryl/α,β-unsaturated/α-hetero) is 1. The van der Waals surface area contributed by atoms with Gasteiger partial charge in [0.2, 0.25) is 29.4 Å². The maximum Gasteiger partial charge on any atom is 0.290 e. The monoisotopic (exact) mass is 790 g/mol. The molecule has 0 aromatic heterocycles. The summed E-state index contributed by atoms with van der Waals surface area (Å²) in [4.78, 5) is 85.4. The lowest BCUT2D eigenvalue weighted by molar-refractivity contribution is -0.144. The number of nitrogens with zero attached hydrogens (tertiary/aromatic N) is 2. The molecule has 56 heavy (non-hydrogen) atoms. The van der Waals surface area contributed by atoms with Crippen molar-refractivity contribution >= 4 is 47.1 Å². The van der Waals surface area contributed by atoms with Crippen LogP contribution >= 0.6 is 11.8 Å². The number of benzene rings is 2. The Balaban J connectivity index is 1.28. The normalized spacial score (nSPS) is 22.0. The van der Waals surface area contributed by atoms with Crippen molar-refractivity contribution in [3.8, 4) is 5.75 Å². The second-order valence-corrected chi connectivity index (χ2v) is 16.8. The van der Waals surface area contributed by atoms with Gasteiger partial charge in [-0.15, -0.1) is 0 Å². The zero-order valence-electron chi connectivity index (χ0n) is 32.9. The number of likely N-dealkylation sites (N-methyl/N-ethyl adjacent to an activating group) is 1. The molecule has 304 valence electrons. The van der Waals surface area contributed by atoms with Gasteiger partial charge in [-0.3, -0.25) is 28.8 Å². The highest BCUT2D eigenvalue weighted by atomic mass is 32.2. The molecule has 4 N–H and O–H groups in total. The molecule has 13 nitrogen and oxygen atoms in total. The number of ketones is 1. The van der Waals surface area contributed by atoms with Gasteiger partial charge in [0.05, 0.1) is 31.7 Å². The molecule has 1 aliphatic carbocycles. The highest BCUT2D eigenvalue weighted by Crippen LogP contribution is 2.33. The molecule has 2 aromatic rings. The lowest BCUT2D eigenvalue weighted by Gasteiger charge is -2.35. The van der Waals surface area contributed by atoms with Crippen molar-refractivity contribution in [1.82, 2.24) is 31.1 Å². The van der Waals surface area contributed by atoms with E-state index in [1.165, 1.54) is 0 Å².